The summed E-state index contributed by atoms with van der Waals surface area (Å²) in [6.45, 7) is 3.59. The minimum absolute atomic E-state index is 0.0583. The van der Waals surface area contributed by atoms with Crippen molar-refractivity contribution < 1.29 is 22.7 Å². The zero-order chi connectivity index (χ0) is 26.2. The zero-order valence-electron chi connectivity index (χ0n) is 20.9. The van der Waals surface area contributed by atoms with Crippen molar-refractivity contribution in [1.29, 1.82) is 0 Å². The van der Waals surface area contributed by atoms with Crippen molar-refractivity contribution in [2.24, 2.45) is 5.92 Å². The molecule has 2 aliphatic rings. The second-order valence-corrected chi connectivity index (χ2v) is 12.8. The molecule has 2 aliphatic heterocycles. The van der Waals surface area contributed by atoms with Crippen molar-refractivity contribution in [3.05, 3.63) is 47.0 Å². The molecule has 1 amide bonds. The number of amides is 1. The number of piperidine rings is 1. The van der Waals surface area contributed by atoms with E-state index in [1.165, 1.54) is 15.6 Å². The lowest BCUT2D eigenvalue weighted by Crippen LogP contribution is -2.46. The maximum absolute atomic E-state index is 13.9. The molecule has 11 heteroatoms. The fourth-order valence-electron chi connectivity index (χ4n) is 4.90. The number of aromatic nitrogens is 1. The van der Waals surface area contributed by atoms with E-state index in [-0.39, 0.29) is 22.8 Å². The summed E-state index contributed by atoms with van der Waals surface area (Å²) in [7, 11) is -2.02. The Balaban J connectivity index is 1.37. The van der Waals surface area contributed by atoms with Gasteiger partial charge in [0.25, 0.3) is 0 Å². The summed E-state index contributed by atoms with van der Waals surface area (Å²) >= 11 is 7.81. The number of hydrogen-bond donors (Lipinski definition) is 0. The first-order valence-corrected chi connectivity index (χ1v) is 15.0. The third-order valence-corrected chi connectivity index (χ3v) is 10.5. The standard InChI is InChI=1S/C26H30ClN3O5S2/c1-17-5-7-20(8-6-17)37(32,33)29-13-11-18(12-14-29)25(31)30(16-19-4-3-15-35-19)26-28-23-22(34-2)10-9-21(27)24(23)36-26/h5-10,18-19H,3-4,11-16H2,1-2H3. The average molecular weight is 564 g/mol. The van der Waals surface area contributed by atoms with Gasteiger partial charge in [-0.1, -0.05) is 40.6 Å². The van der Waals surface area contributed by atoms with Crippen LogP contribution in [0.15, 0.2) is 41.3 Å². The Labute approximate surface area is 226 Å². The van der Waals surface area contributed by atoms with Gasteiger partial charge in [0.2, 0.25) is 15.9 Å². The van der Waals surface area contributed by atoms with Crippen LogP contribution >= 0.6 is 22.9 Å². The van der Waals surface area contributed by atoms with Gasteiger partial charge in [0.05, 0.1) is 34.4 Å². The van der Waals surface area contributed by atoms with Crippen LogP contribution < -0.4 is 9.64 Å². The van der Waals surface area contributed by atoms with Crippen LogP contribution in [0.4, 0.5) is 5.13 Å². The molecular weight excluding hydrogens is 534 g/mol. The molecule has 5 rings (SSSR count). The number of methoxy groups -OCH3 is 1. The Kier molecular flexibility index (Phi) is 7.74. The Morgan fingerprint density at radius 2 is 1.92 bits per heavy atom. The van der Waals surface area contributed by atoms with E-state index in [4.69, 9.17) is 26.1 Å². The second-order valence-electron chi connectivity index (χ2n) is 9.50. The number of halogens is 1. The molecule has 37 heavy (non-hydrogen) atoms. The van der Waals surface area contributed by atoms with Crippen molar-refractivity contribution in [3.63, 3.8) is 0 Å². The molecule has 1 unspecified atom stereocenters. The van der Waals surface area contributed by atoms with Crippen molar-refractivity contribution in [2.45, 2.75) is 43.6 Å². The number of aryl methyl sites for hydroxylation is 1. The molecule has 3 heterocycles. The average Bonchev–Trinajstić information content (AvgIpc) is 3.58. The molecule has 0 N–H and O–H groups in total. The van der Waals surface area contributed by atoms with Gasteiger partial charge in [-0.2, -0.15) is 4.31 Å². The summed E-state index contributed by atoms with van der Waals surface area (Å²) in [6, 6.07) is 10.4. The lowest BCUT2D eigenvalue weighted by molar-refractivity contribution is -0.123. The van der Waals surface area contributed by atoms with Gasteiger partial charge >= 0.3 is 0 Å². The van der Waals surface area contributed by atoms with E-state index in [0.717, 1.165) is 23.1 Å². The molecule has 2 fully saturated rings. The lowest BCUT2D eigenvalue weighted by Gasteiger charge is -2.33. The van der Waals surface area contributed by atoms with E-state index < -0.39 is 10.0 Å². The van der Waals surface area contributed by atoms with Crippen molar-refractivity contribution in [3.8, 4) is 5.75 Å². The summed E-state index contributed by atoms with van der Waals surface area (Å²) in [5.74, 6) is 0.230. The summed E-state index contributed by atoms with van der Waals surface area (Å²) in [5.41, 5.74) is 1.63. The largest absolute Gasteiger partial charge is 0.494 e. The summed E-state index contributed by atoms with van der Waals surface area (Å²) in [5, 5.41) is 1.11. The second kappa shape index (κ2) is 10.9. The molecular formula is C26H30ClN3O5S2. The van der Waals surface area contributed by atoms with E-state index in [2.05, 4.69) is 0 Å². The number of carbonyl (C=O) groups excluding carboxylic acids is 1. The van der Waals surface area contributed by atoms with Gasteiger partial charge in [-0.3, -0.25) is 9.69 Å². The first-order valence-electron chi connectivity index (χ1n) is 12.4. The van der Waals surface area contributed by atoms with Gasteiger partial charge in [0, 0.05) is 25.6 Å². The van der Waals surface area contributed by atoms with Crippen LogP contribution in [0, 0.1) is 12.8 Å². The van der Waals surface area contributed by atoms with E-state index in [1.807, 2.05) is 6.92 Å². The Bertz CT molecular complexity index is 1380. The number of thiazole rings is 1. The lowest BCUT2D eigenvalue weighted by atomic mass is 9.96. The molecule has 0 aliphatic carbocycles. The molecule has 2 aromatic carbocycles. The first kappa shape index (κ1) is 26.4. The number of nitrogens with zero attached hydrogens (tertiary/aromatic N) is 3. The number of fused-ring (bicyclic) bond motifs is 1. The quantitative estimate of drug-likeness (QED) is 0.407. The van der Waals surface area contributed by atoms with Crippen LogP contribution in [0.1, 0.15) is 31.2 Å². The SMILES string of the molecule is COc1ccc(Cl)c2sc(N(CC3CCCO3)C(=O)C3CCN(S(=O)(=O)c4ccc(C)cc4)CC3)nc12. The summed E-state index contributed by atoms with van der Waals surface area (Å²) < 4.78 is 39.8. The summed E-state index contributed by atoms with van der Waals surface area (Å²) in [4.78, 5) is 20.6. The number of benzene rings is 2. The molecule has 0 bridgehead atoms. The number of sulfonamides is 1. The van der Waals surface area contributed by atoms with Gasteiger partial charge in [-0.05, 0) is 56.9 Å². The molecule has 1 aromatic heterocycles. The van der Waals surface area contributed by atoms with E-state index >= 15 is 0 Å². The maximum Gasteiger partial charge on any atom is 0.243 e. The number of hydrogen-bond acceptors (Lipinski definition) is 7. The Morgan fingerprint density at radius 3 is 2.57 bits per heavy atom. The Morgan fingerprint density at radius 1 is 1.19 bits per heavy atom. The monoisotopic (exact) mass is 563 g/mol. The smallest absolute Gasteiger partial charge is 0.243 e. The van der Waals surface area contributed by atoms with Gasteiger partial charge in [-0.15, -0.1) is 0 Å². The molecule has 8 nitrogen and oxygen atoms in total. The minimum atomic E-state index is -3.60. The fourth-order valence-corrected chi connectivity index (χ4v) is 7.64. The predicted octanol–water partition coefficient (Wildman–Crippen LogP) is 4.88. The highest BCUT2D eigenvalue weighted by molar-refractivity contribution is 7.89. The van der Waals surface area contributed by atoms with E-state index in [0.29, 0.717) is 60.5 Å². The number of anilines is 1. The van der Waals surface area contributed by atoms with Crippen LogP contribution in [-0.2, 0) is 19.6 Å². The maximum atomic E-state index is 13.9. The van der Waals surface area contributed by atoms with Crippen LogP contribution in [0.2, 0.25) is 5.02 Å². The molecule has 198 valence electrons. The molecule has 0 spiro atoms. The molecule has 0 saturated carbocycles. The molecule has 3 aromatic rings. The van der Waals surface area contributed by atoms with Crippen LogP contribution in [0.5, 0.6) is 5.75 Å². The third-order valence-electron chi connectivity index (χ3n) is 7.04. The number of ether oxygens (including phenoxy) is 2. The van der Waals surface area contributed by atoms with Gasteiger partial charge in [-0.25, -0.2) is 13.4 Å². The predicted molar refractivity (Wildman–Crippen MR) is 145 cm³/mol. The zero-order valence-corrected chi connectivity index (χ0v) is 23.2. The van der Waals surface area contributed by atoms with Crippen molar-refractivity contribution >= 4 is 54.2 Å². The number of carbonyl (C=O) groups is 1. The highest BCUT2D eigenvalue weighted by Gasteiger charge is 2.36. The normalized spacial score (nSPS) is 19.4. The van der Waals surface area contributed by atoms with Gasteiger partial charge in [0.15, 0.2) is 5.13 Å². The molecule has 2 saturated heterocycles. The fraction of sp³-hybridized carbons (Fsp3) is 0.462. The first-order chi connectivity index (χ1) is 17.8. The highest BCUT2D eigenvalue weighted by Crippen LogP contribution is 2.40. The van der Waals surface area contributed by atoms with Crippen molar-refractivity contribution in [1.82, 2.24) is 9.29 Å². The van der Waals surface area contributed by atoms with Gasteiger partial charge < -0.3 is 9.47 Å². The van der Waals surface area contributed by atoms with Crippen molar-refractivity contribution in [2.75, 3.05) is 38.3 Å². The van der Waals surface area contributed by atoms with Crippen LogP contribution in [0.3, 0.4) is 0 Å². The van der Waals surface area contributed by atoms with Gasteiger partial charge in [0.1, 0.15) is 11.3 Å². The Hall–Kier alpha value is -2.24. The van der Waals surface area contributed by atoms with E-state index in [9.17, 15) is 13.2 Å². The van der Waals surface area contributed by atoms with Crippen LogP contribution in [0.25, 0.3) is 10.2 Å². The topological polar surface area (TPSA) is 89.0 Å². The molecule has 1 atom stereocenters. The highest BCUT2D eigenvalue weighted by atomic mass is 35.5. The third kappa shape index (κ3) is 5.35. The molecule has 0 radical (unpaired) electrons. The number of rotatable bonds is 7. The summed E-state index contributed by atoms with van der Waals surface area (Å²) in [6.07, 6.45) is 2.67. The van der Waals surface area contributed by atoms with E-state index in [1.54, 1.807) is 48.4 Å². The minimum Gasteiger partial charge on any atom is -0.494 e. The van der Waals surface area contributed by atoms with Crippen LogP contribution in [-0.4, -0.2) is 63.1 Å².